The van der Waals surface area contributed by atoms with E-state index in [2.05, 4.69) is 9.24 Å². The van der Waals surface area contributed by atoms with Gasteiger partial charge in [0, 0.05) is 17.4 Å². The molecule has 0 bridgehead atoms. The molecular formula is C3H7Cl2P. The lowest BCUT2D eigenvalue weighted by Gasteiger charge is -1.95. The highest BCUT2D eigenvalue weighted by atomic mass is 35.5. The number of rotatable bonds is 2. The van der Waals surface area contributed by atoms with Crippen LogP contribution in [-0.4, -0.2) is 17.4 Å². The zero-order valence-electron chi connectivity index (χ0n) is 3.32. The lowest BCUT2D eigenvalue weighted by atomic mass is 10.6. The molecule has 0 fully saturated rings. The molecule has 38 valence electrons. The van der Waals surface area contributed by atoms with Crippen LogP contribution in [0, 0.1) is 0 Å². The van der Waals surface area contributed by atoms with Gasteiger partial charge in [0.1, 0.15) is 0 Å². The van der Waals surface area contributed by atoms with Crippen LogP contribution in [0.3, 0.4) is 0 Å². The molecule has 0 saturated carbocycles. The van der Waals surface area contributed by atoms with Gasteiger partial charge in [-0.2, -0.15) is 0 Å². The molecule has 0 aliphatic rings. The van der Waals surface area contributed by atoms with Crippen molar-refractivity contribution in [3.8, 4) is 0 Å². The van der Waals surface area contributed by atoms with Gasteiger partial charge in [-0.1, -0.05) is 0 Å². The Morgan fingerprint density at radius 3 is 1.67 bits per heavy atom. The molecule has 0 nitrogen and oxygen atoms in total. The van der Waals surface area contributed by atoms with Crippen molar-refractivity contribution in [3.63, 3.8) is 0 Å². The lowest BCUT2D eigenvalue weighted by Crippen LogP contribution is -1.98. The Kier molecular flexibility index (Phi) is 4.88. The molecule has 0 spiro atoms. The SMILES string of the molecule is PC(CCl)CCl. The van der Waals surface area contributed by atoms with Crippen LogP contribution in [0.5, 0.6) is 0 Å². The van der Waals surface area contributed by atoms with Crippen molar-refractivity contribution in [2.75, 3.05) is 11.8 Å². The average Bonchev–Trinajstić information content (AvgIpc) is 1.65. The highest BCUT2D eigenvalue weighted by Gasteiger charge is 1.92. The molecule has 1 unspecified atom stereocenters. The minimum Gasteiger partial charge on any atom is -0.132 e. The molecule has 1 atom stereocenters. The fourth-order valence-corrected chi connectivity index (χ4v) is 0.371. The van der Waals surface area contributed by atoms with Gasteiger partial charge in [-0.05, 0) is 0 Å². The third kappa shape index (κ3) is 3.21. The highest BCUT2D eigenvalue weighted by Crippen LogP contribution is 2.02. The number of halogens is 2. The van der Waals surface area contributed by atoms with Gasteiger partial charge in [-0.3, -0.25) is 0 Å². The molecule has 0 rings (SSSR count). The zero-order valence-corrected chi connectivity index (χ0v) is 5.99. The van der Waals surface area contributed by atoms with Crippen LogP contribution in [-0.2, 0) is 0 Å². The Balaban J connectivity index is 2.75. The minimum atomic E-state index is 0.383. The summed E-state index contributed by atoms with van der Waals surface area (Å²) in [5.41, 5.74) is 0.383. The van der Waals surface area contributed by atoms with Crippen molar-refractivity contribution < 1.29 is 0 Å². The maximum atomic E-state index is 5.35. The van der Waals surface area contributed by atoms with Crippen molar-refractivity contribution >= 4 is 32.4 Å². The summed E-state index contributed by atoms with van der Waals surface area (Å²) in [5.74, 6) is 1.27. The summed E-state index contributed by atoms with van der Waals surface area (Å²) >= 11 is 10.7. The van der Waals surface area contributed by atoms with Gasteiger partial charge in [-0.25, -0.2) is 0 Å². The molecule has 0 aliphatic heterocycles. The molecule has 0 aromatic carbocycles. The van der Waals surface area contributed by atoms with Gasteiger partial charge < -0.3 is 0 Å². The Morgan fingerprint density at radius 1 is 1.33 bits per heavy atom. The second kappa shape index (κ2) is 4.18. The third-order valence-electron chi connectivity index (χ3n) is 0.396. The molecule has 0 heterocycles. The standard InChI is InChI=1S/C3H7Cl2P/c4-1-3(6)2-5/h3H,1-2,6H2. The first kappa shape index (κ1) is 7.01. The van der Waals surface area contributed by atoms with Crippen molar-refractivity contribution in [3.05, 3.63) is 0 Å². The van der Waals surface area contributed by atoms with E-state index >= 15 is 0 Å². The molecule has 3 heteroatoms. The fourth-order valence-electron chi connectivity index (χ4n) is 0.0412. The van der Waals surface area contributed by atoms with E-state index in [4.69, 9.17) is 23.2 Å². The Bertz CT molecular complexity index is 28.0. The topological polar surface area (TPSA) is 0 Å². The van der Waals surface area contributed by atoms with Crippen LogP contribution in [0.15, 0.2) is 0 Å². The summed E-state index contributed by atoms with van der Waals surface area (Å²) in [6.45, 7) is 0. The highest BCUT2D eigenvalue weighted by molar-refractivity contribution is 7.18. The van der Waals surface area contributed by atoms with E-state index in [0.29, 0.717) is 17.4 Å². The first-order valence-electron chi connectivity index (χ1n) is 1.68. The molecule has 6 heavy (non-hydrogen) atoms. The molecule has 0 aromatic heterocycles. The number of alkyl halides is 2. The van der Waals surface area contributed by atoms with Crippen molar-refractivity contribution in [2.24, 2.45) is 0 Å². The second-order valence-electron chi connectivity index (χ2n) is 1.07. The van der Waals surface area contributed by atoms with Crippen molar-refractivity contribution in [2.45, 2.75) is 5.66 Å². The minimum absolute atomic E-state index is 0.383. The maximum Gasteiger partial charge on any atom is 0.0297 e. The van der Waals surface area contributed by atoms with Crippen LogP contribution in [0.2, 0.25) is 0 Å². The molecular weight excluding hydrogens is 138 g/mol. The lowest BCUT2D eigenvalue weighted by molar-refractivity contribution is 1.14. The van der Waals surface area contributed by atoms with E-state index in [-0.39, 0.29) is 0 Å². The molecule has 0 aliphatic carbocycles. The van der Waals surface area contributed by atoms with Gasteiger partial charge >= 0.3 is 0 Å². The first-order chi connectivity index (χ1) is 2.81. The Labute approximate surface area is 50.4 Å². The summed E-state index contributed by atoms with van der Waals surface area (Å²) in [6.07, 6.45) is 0. The zero-order chi connectivity index (χ0) is 4.99. The smallest absolute Gasteiger partial charge is 0.0297 e. The summed E-state index contributed by atoms with van der Waals surface area (Å²) in [5, 5.41) is 0. The first-order valence-corrected chi connectivity index (χ1v) is 3.42. The largest absolute Gasteiger partial charge is 0.132 e. The van der Waals surface area contributed by atoms with E-state index in [1.807, 2.05) is 0 Å². The van der Waals surface area contributed by atoms with Crippen molar-refractivity contribution in [1.82, 2.24) is 0 Å². The van der Waals surface area contributed by atoms with Gasteiger partial charge in [0.15, 0.2) is 0 Å². The van der Waals surface area contributed by atoms with Gasteiger partial charge in [-0.15, -0.1) is 32.4 Å². The molecule has 0 N–H and O–H groups in total. The monoisotopic (exact) mass is 144 g/mol. The van der Waals surface area contributed by atoms with E-state index in [0.717, 1.165) is 0 Å². The number of hydrogen-bond donors (Lipinski definition) is 0. The normalized spacial score (nSPS) is 10.0. The Morgan fingerprint density at radius 2 is 1.67 bits per heavy atom. The van der Waals surface area contributed by atoms with Gasteiger partial charge in [0.2, 0.25) is 0 Å². The van der Waals surface area contributed by atoms with E-state index < -0.39 is 0 Å². The summed E-state index contributed by atoms with van der Waals surface area (Å²) in [6, 6.07) is 0. The average molecular weight is 145 g/mol. The van der Waals surface area contributed by atoms with Crippen LogP contribution >= 0.6 is 32.4 Å². The molecule has 0 aromatic rings. The predicted molar refractivity (Wildman–Crippen MR) is 34.9 cm³/mol. The number of hydrogen-bond acceptors (Lipinski definition) is 0. The van der Waals surface area contributed by atoms with Crippen LogP contribution in [0.4, 0.5) is 0 Å². The summed E-state index contributed by atoms with van der Waals surface area (Å²) < 4.78 is 0. The maximum absolute atomic E-state index is 5.35. The molecule has 0 radical (unpaired) electrons. The Hall–Kier alpha value is 1.01. The predicted octanol–water partition coefficient (Wildman–Crippen LogP) is 1.71. The van der Waals surface area contributed by atoms with Crippen LogP contribution in [0.25, 0.3) is 0 Å². The summed E-state index contributed by atoms with van der Waals surface area (Å²) in [4.78, 5) is 0. The second-order valence-corrected chi connectivity index (χ2v) is 2.63. The van der Waals surface area contributed by atoms with E-state index in [1.54, 1.807) is 0 Å². The molecule has 0 saturated heterocycles. The van der Waals surface area contributed by atoms with E-state index in [9.17, 15) is 0 Å². The quantitative estimate of drug-likeness (QED) is 0.409. The summed E-state index contributed by atoms with van der Waals surface area (Å²) in [7, 11) is 2.55. The van der Waals surface area contributed by atoms with Gasteiger partial charge in [0.05, 0.1) is 0 Å². The van der Waals surface area contributed by atoms with Crippen LogP contribution in [0.1, 0.15) is 0 Å². The van der Waals surface area contributed by atoms with Crippen molar-refractivity contribution in [1.29, 1.82) is 0 Å². The van der Waals surface area contributed by atoms with E-state index in [1.165, 1.54) is 0 Å². The third-order valence-corrected chi connectivity index (χ3v) is 2.26. The van der Waals surface area contributed by atoms with Gasteiger partial charge in [0.25, 0.3) is 0 Å². The fraction of sp³-hybridized carbons (Fsp3) is 1.00. The molecule has 0 amide bonds. The van der Waals surface area contributed by atoms with Crippen LogP contribution < -0.4 is 0 Å².